The predicted octanol–water partition coefficient (Wildman–Crippen LogP) is 2.79. The molecule has 3 nitrogen and oxygen atoms in total. The predicted molar refractivity (Wildman–Crippen MR) is 80.7 cm³/mol. The first-order chi connectivity index (χ1) is 8.82. The second kappa shape index (κ2) is 7.28. The van der Waals surface area contributed by atoms with E-state index in [0.29, 0.717) is 23.7 Å². The Kier molecular flexibility index (Phi) is 6.31. The van der Waals surface area contributed by atoms with Crippen LogP contribution < -0.4 is 11.1 Å². The van der Waals surface area contributed by atoms with E-state index in [2.05, 4.69) is 39.9 Å². The summed E-state index contributed by atoms with van der Waals surface area (Å²) >= 11 is 0. The fourth-order valence-corrected chi connectivity index (χ4v) is 3.30. The molecule has 3 atom stereocenters. The average Bonchev–Trinajstić information content (AvgIpc) is 2.31. The summed E-state index contributed by atoms with van der Waals surface area (Å²) in [5.41, 5.74) is 6.11. The van der Waals surface area contributed by atoms with Crippen molar-refractivity contribution in [2.24, 2.45) is 35.3 Å². The van der Waals surface area contributed by atoms with Crippen molar-refractivity contribution in [3.05, 3.63) is 0 Å². The Morgan fingerprint density at radius 3 is 2.32 bits per heavy atom. The number of rotatable bonds is 5. The van der Waals surface area contributed by atoms with Crippen LogP contribution in [-0.2, 0) is 4.79 Å². The van der Waals surface area contributed by atoms with Gasteiger partial charge in [0.2, 0.25) is 5.91 Å². The molecule has 19 heavy (non-hydrogen) atoms. The molecule has 3 N–H and O–H groups in total. The van der Waals surface area contributed by atoms with E-state index in [1.165, 1.54) is 0 Å². The van der Waals surface area contributed by atoms with Crippen molar-refractivity contribution in [1.29, 1.82) is 0 Å². The van der Waals surface area contributed by atoms with Crippen LogP contribution in [0.3, 0.4) is 0 Å². The van der Waals surface area contributed by atoms with Crippen LogP contribution >= 0.6 is 0 Å². The van der Waals surface area contributed by atoms with Crippen LogP contribution in [0.25, 0.3) is 0 Å². The Bertz CT molecular complexity index is 280. The molecule has 3 unspecified atom stereocenters. The zero-order chi connectivity index (χ0) is 14.6. The SMILES string of the molecule is CC1CCC(N)C(C(=O)NCC(C(C)C)C(C)C)C1. The van der Waals surface area contributed by atoms with Gasteiger partial charge in [0.25, 0.3) is 0 Å². The normalized spacial score (nSPS) is 28.2. The maximum atomic E-state index is 12.3. The molecule has 0 aliphatic heterocycles. The lowest BCUT2D eigenvalue weighted by Gasteiger charge is -2.32. The number of nitrogens with one attached hydrogen (secondary N) is 1. The van der Waals surface area contributed by atoms with Gasteiger partial charge in [0.1, 0.15) is 0 Å². The van der Waals surface area contributed by atoms with Crippen molar-refractivity contribution in [3.8, 4) is 0 Å². The lowest BCUT2D eigenvalue weighted by atomic mass is 9.78. The van der Waals surface area contributed by atoms with Gasteiger partial charge in [-0.3, -0.25) is 4.79 Å². The minimum absolute atomic E-state index is 0.0173. The molecule has 0 radical (unpaired) electrons. The topological polar surface area (TPSA) is 55.1 Å². The van der Waals surface area contributed by atoms with Gasteiger partial charge in [0.15, 0.2) is 0 Å². The van der Waals surface area contributed by atoms with Crippen molar-refractivity contribution in [2.45, 2.75) is 59.9 Å². The monoisotopic (exact) mass is 268 g/mol. The molecule has 1 rings (SSSR count). The molecule has 1 amide bonds. The van der Waals surface area contributed by atoms with E-state index in [1.807, 2.05) is 0 Å². The molecule has 1 saturated carbocycles. The molecule has 0 saturated heterocycles. The summed E-state index contributed by atoms with van der Waals surface area (Å²) in [6.07, 6.45) is 3.09. The highest BCUT2D eigenvalue weighted by Crippen LogP contribution is 2.28. The summed E-state index contributed by atoms with van der Waals surface area (Å²) in [5.74, 6) is 2.55. The van der Waals surface area contributed by atoms with Crippen molar-refractivity contribution < 1.29 is 4.79 Å². The molecule has 3 heteroatoms. The number of carbonyl (C=O) groups excluding carboxylic acids is 1. The van der Waals surface area contributed by atoms with E-state index in [1.54, 1.807) is 0 Å². The van der Waals surface area contributed by atoms with Gasteiger partial charge >= 0.3 is 0 Å². The van der Waals surface area contributed by atoms with Crippen LogP contribution in [0.1, 0.15) is 53.9 Å². The van der Waals surface area contributed by atoms with E-state index < -0.39 is 0 Å². The summed E-state index contributed by atoms with van der Waals surface area (Å²) < 4.78 is 0. The van der Waals surface area contributed by atoms with Crippen molar-refractivity contribution in [3.63, 3.8) is 0 Å². The third-order valence-electron chi connectivity index (χ3n) is 4.73. The highest BCUT2D eigenvalue weighted by Gasteiger charge is 2.31. The van der Waals surface area contributed by atoms with Crippen LogP contribution in [0.4, 0.5) is 0 Å². The van der Waals surface area contributed by atoms with Crippen molar-refractivity contribution >= 4 is 5.91 Å². The van der Waals surface area contributed by atoms with Crippen LogP contribution in [-0.4, -0.2) is 18.5 Å². The molecule has 0 aromatic rings. The first-order valence-electron chi connectivity index (χ1n) is 7.86. The Hall–Kier alpha value is -0.570. The largest absolute Gasteiger partial charge is 0.356 e. The first-order valence-corrected chi connectivity index (χ1v) is 7.86. The van der Waals surface area contributed by atoms with Gasteiger partial charge in [-0.15, -0.1) is 0 Å². The van der Waals surface area contributed by atoms with E-state index in [9.17, 15) is 4.79 Å². The zero-order valence-electron chi connectivity index (χ0n) is 13.3. The molecule has 1 aliphatic rings. The van der Waals surface area contributed by atoms with E-state index in [0.717, 1.165) is 25.8 Å². The van der Waals surface area contributed by atoms with Crippen LogP contribution in [0.2, 0.25) is 0 Å². The first kappa shape index (κ1) is 16.5. The Morgan fingerprint density at radius 2 is 1.79 bits per heavy atom. The zero-order valence-corrected chi connectivity index (χ0v) is 13.3. The molecule has 0 bridgehead atoms. The molecule has 0 heterocycles. The number of hydrogen-bond acceptors (Lipinski definition) is 2. The second-order valence-electron chi connectivity index (χ2n) is 7.09. The number of nitrogens with two attached hydrogens (primary N) is 1. The standard InChI is InChI=1S/C16H32N2O/c1-10(2)14(11(3)4)9-18-16(19)13-8-12(5)6-7-15(13)17/h10-15H,6-9,17H2,1-5H3,(H,18,19). The number of carbonyl (C=O) groups is 1. The summed E-state index contributed by atoms with van der Waals surface area (Å²) in [6, 6.07) is 0.0488. The molecule has 1 aliphatic carbocycles. The van der Waals surface area contributed by atoms with E-state index >= 15 is 0 Å². The maximum Gasteiger partial charge on any atom is 0.224 e. The van der Waals surface area contributed by atoms with Crippen LogP contribution in [0, 0.1) is 29.6 Å². The summed E-state index contributed by atoms with van der Waals surface area (Å²) in [5, 5.41) is 3.15. The maximum absolute atomic E-state index is 12.3. The van der Waals surface area contributed by atoms with Gasteiger partial charge in [0.05, 0.1) is 5.92 Å². The molecule has 112 valence electrons. The highest BCUT2D eigenvalue weighted by molar-refractivity contribution is 5.79. The summed E-state index contributed by atoms with van der Waals surface area (Å²) in [7, 11) is 0. The molecule has 0 aromatic heterocycles. The number of amides is 1. The van der Waals surface area contributed by atoms with Gasteiger partial charge in [-0.05, 0) is 42.9 Å². The fraction of sp³-hybridized carbons (Fsp3) is 0.938. The molecule has 1 fully saturated rings. The van der Waals surface area contributed by atoms with Gasteiger partial charge in [-0.1, -0.05) is 34.6 Å². The van der Waals surface area contributed by atoms with Gasteiger partial charge < -0.3 is 11.1 Å². The molecular weight excluding hydrogens is 236 g/mol. The molecular formula is C16H32N2O. The number of hydrogen-bond donors (Lipinski definition) is 2. The Morgan fingerprint density at radius 1 is 1.21 bits per heavy atom. The van der Waals surface area contributed by atoms with Gasteiger partial charge in [-0.25, -0.2) is 0 Å². The van der Waals surface area contributed by atoms with Crippen LogP contribution in [0.15, 0.2) is 0 Å². The van der Waals surface area contributed by atoms with E-state index in [-0.39, 0.29) is 17.9 Å². The highest BCUT2D eigenvalue weighted by atomic mass is 16.1. The van der Waals surface area contributed by atoms with Crippen molar-refractivity contribution in [2.75, 3.05) is 6.54 Å². The smallest absolute Gasteiger partial charge is 0.224 e. The lowest BCUT2D eigenvalue weighted by Crippen LogP contribution is -2.46. The van der Waals surface area contributed by atoms with Crippen molar-refractivity contribution in [1.82, 2.24) is 5.32 Å². The van der Waals surface area contributed by atoms with E-state index in [4.69, 9.17) is 5.73 Å². The quantitative estimate of drug-likeness (QED) is 0.805. The van der Waals surface area contributed by atoms with Gasteiger partial charge in [0, 0.05) is 12.6 Å². The molecule has 0 spiro atoms. The minimum atomic E-state index is 0.0173. The van der Waals surface area contributed by atoms with Gasteiger partial charge in [-0.2, -0.15) is 0 Å². The minimum Gasteiger partial charge on any atom is -0.356 e. The fourth-order valence-electron chi connectivity index (χ4n) is 3.30. The third-order valence-corrected chi connectivity index (χ3v) is 4.73. The summed E-state index contributed by atoms with van der Waals surface area (Å²) in [6.45, 7) is 11.9. The molecule has 0 aromatic carbocycles. The Balaban J connectivity index is 2.49. The second-order valence-corrected chi connectivity index (χ2v) is 7.09. The Labute approximate surface area is 118 Å². The average molecular weight is 268 g/mol. The lowest BCUT2D eigenvalue weighted by molar-refractivity contribution is -0.127. The summed E-state index contributed by atoms with van der Waals surface area (Å²) in [4.78, 5) is 12.3. The third kappa shape index (κ3) is 4.79. The van der Waals surface area contributed by atoms with Crippen LogP contribution in [0.5, 0.6) is 0 Å².